The van der Waals surface area contributed by atoms with E-state index in [4.69, 9.17) is 5.11 Å². The molecule has 2 heterocycles. The molecule has 0 amide bonds. The molecule has 2 rings (SSSR count). The Kier molecular flexibility index (Phi) is 3.33. The lowest BCUT2D eigenvalue weighted by Crippen LogP contribution is -2.22. The van der Waals surface area contributed by atoms with Gasteiger partial charge in [-0.2, -0.15) is 0 Å². The van der Waals surface area contributed by atoms with E-state index in [9.17, 15) is 9.59 Å². The Bertz CT molecular complexity index is 750. The number of allylic oxidation sites excluding steroid dienone is 4. The average molecular weight is 259 g/mol. The molecule has 0 aliphatic heterocycles. The van der Waals surface area contributed by atoms with Gasteiger partial charge in [-0.05, 0) is 19.4 Å². The Morgan fingerprint density at radius 2 is 2.21 bits per heavy atom. The van der Waals surface area contributed by atoms with Gasteiger partial charge < -0.3 is 5.11 Å². The third kappa shape index (κ3) is 2.20. The lowest BCUT2D eigenvalue weighted by molar-refractivity contribution is 0.0694. The number of aromatic carboxylic acids is 1. The predicted molar refractivity (Wildman–Crippen MR) is 71.2 cm³/mol. The highest BCUT2D eigenvalue weighted by Crippen LogP contribution is 2.15. The number of hydrogen-bond acceptors (Lipinski definition) is 3. The summed E-state index contributed by atoms with van der Waals surface area (Å²) in [6.45, 7) is 3.76. The van der Waals surface area contributed by atoms with E-state index in [1.54, 1.807) is 6.07 Å². The molecule has 0 fully saturated rings. The van der Waals surface area contributed by atoms with Gasteiger partial charge in [0.05, 0.1) is 5.69 Å². The van der Waals surface area contributed by atoms with Crippen LogP contribution < -0.4 is 5.56 Å². The molecule has 0 aliphatic carbocycles. The zero-order valence-corrected chi connectivity index (χ0v) is 10.5. The van der Waals surface area contributed by atoms with Gasteiger partial charge in [0.1, 0.15) is 5.56 Å². The van der Waals surface area contributed by atoms with E-state index in [1.807, 2.05) is 32.1 Å². The second-order valence-corrected chi connectivity index (χ2v) is 3.89. The maximum absolute atomic E-state index is 11.9. The van der Waals surface area contributed by atoms with Crippen LogP contribution in [0.1, 0.15) is 29.9 Å². The molecule has 98 valence electrons. The first-order valence-electron chi connectivity index (χ1n) is 5.72. The minimum absolute atomic E-state index is 0.362. The molecule has 6 heteroatoms. The first-order chi connectivity index (χ1) is 9.08. The van der Waals surface area contributed by atoms with Crippen molar-refractivity contribution in [2.75, 3.05) is 0 Å². The second-order valence-electron chi connectivity index (χ2n) is 3.89. The van der Waals surface area contributed by atoms with Crippen molar-refractivity contribution in [1.82, 2.24) is 14.6 Å². The van der Waals surface area contributed by atoms with Crippen molar-refractivity contribution in [3.63, 3.8) is 0 Å². The molecule has 0 aromatic carbocycles. The van der Waals surface area contributed by atoms with Crippen molar-refractivity contribution in [2.24, 2.45) is 0 Å². The number of carboxylic acids is 1. The van der Waals surface area contributed by atoms with Crippen molar-refractivity contribution in [1.29, 1.82) is 0 Å². The van der Waals surface area contributed by atoms with Crippen molar-refractivity contribution in [2.45, 2.75) is 13.8 Å². The summed E-state index contributed by atoms with van der Waals surface area (Å²) in [7, 11) is 0. The second kappa shape index (κ2) is 4.93. The molecule has 0 saturated carbocycles. The zero-order chi connectivity index (χ0) is 14.0. The Hall–Kier alpha value is -2.63. The van der Waals surface area contributed by atoms with Crippen LogP contribution in [0.2, 0.25) is 0 Å². The maximum Gasteiger partial charge on any atom is 0.343 e. The number of aromatic nitrogens is 3. The first kappa shape index (κ1) is 12.8. The molecule has 2 N–H and O–H groups in total. The summed E-state index contributed by atoms with van der Waals surface area (Å²) in [6, 6.07) is 1.70. The molecule has 0 atom stereocenters. The van der Waals surface area contributed by atoms with Gasteiger partial charge >= 0.3 is 5.97 Å². The molecule has 19 heavy (non-hydrogen) atoms. The van der Waals surface area contributed by atoms with E-state index in [0.29, 0.717) is 11.3 Å². The highest BCUT2D eigenvalue weighted by Gasteiger charge is 2.13. The number of carboxylic acid groups (broad SMARTS) is 1. The minimum atomic E-state index is -1.29. The topological polar surface area (TPSA) is 87.5 Å². The molecule has 0 spiro atoms. The van der Waals surface area contributed by atoms with E-state index in [-0.39, 0.29) is 5.56 Å². The van der Waals surface area contributed by atoms with Crippen molar-refractivity contribution >= 4 is 17.2 Å². The van der Waals surface area contributed by atoms with Crippen LogP contribution in [-0.2, 0) is 0 Å². The van der Waals surface area contributed by atoms with Crippen LogP contribution in [0.3, 0.4) is 0 Å². The van der Waals surface area contributed by atoms with Crippen LogP contribution in [-0.4, -0.2) is 25.7 Å². The minimum Gasteiger partial charge on any atom is -0.477 e. The fourth-order valence-corrected chi connectivity index (χ4v) is 1.78. The quantitative estimate of drug-likeness (QED) is 0.821. The summed E-state index contributed by atoms with van der Waals surface area (Å²) in [5.41, 5.74) is 0.990. The summed E-state index contributed by atoms with van der Waals surface area (Å²) in [4.78, 5) is 26.8. The fraction of sp³-hybridized carbons (Fsp3) is 0.154. The van der Waals surface area contributed by atoms with Crippen LogP contribution in [0.25, 0.3) is 11.2 Å². The number of nitrogens with one attached hydrogen (secondary N) is 1. The fourth-order valence-electron chi connectivity index (χ4n) is 1.78. The Balaban J connectivity index is 2.68. The van der Waals surface area contributed by atoms with E-state index in [0.717, 1.165) is 16.3 Å². The Morgan fingerprint density at radius 3 is 2.79 bits per heavy atom. The van der Waals surface area contributed by atoms with Crippen LogP contribution in [0, 0.1) is 0 Å². The number of hydrogen-bond donors (Lipinski definition) is 2. The molecule has 0 aliphatic rings. The molecule has 6 nitrogen and oxygen atoms in total. The normalized spacial score (nSPS) is 12.4. The van der Waals surface area contributed by atoms with Crippen LogP contribution in [0.15, 0.2) is 35.3 Å². The van der Waals surface area contributed by atoms with Crippen LogP contribution >= 0.6 is 0 Å². The molecule has 0 unspecified atom stereocenters. The van der Waals surface area contributed by atoms with Gasteiger partial charge in [0.15, 0.2) is 5.65 Å². The number of aromatic amines is 1. The van der Waals surface area contributed by atoms with Gasteiger partial charge in [0.25, 0.3) is 5.56 Å². The molecular formula is C13H13N3O3. The van der Waals surface area contributed by atoms with Gasteiger partial charge in [-0.25, -0.2) is 14.3 Å². The highest BCUT2D eigenvalue weighted by molar-refractivity contribution is 5.87. The number of carbonyl (C=O) groups is 1. The van der Waals surface area contributed by atoms with Gasteiger partial charge in [-0.3, -0.25) is 9.89 Å². The van der Waals surface area contributed by atoms with E-state index in [1.165, 1.54) is 0 Å². The van der Waals surface area contributed by atoms with Crippen molar-refractivity contribution < 1.29 is 9.90 Å². The van der Waals surface area contributed by atoms with Crippen molar-refractivity contribution in [3.05, 3.63) is 52.1 Å². The monoisotopic (exact) mass is 259 g/mol. The molecule has 0 saturated heterocycles. The third-order valence-electron chi connectivity index (χ3n) is 2.69. The van der Waals surface area contributed by atoms with Crippen LogP contribution in [0.4, 0.5) is 0 Å². The highest BCUT2D eigenvalue weighted by atomic mass is 16.4. The molecule has 2 aromatic rings. The Morgan fingerprint density at radius 1 is 1.47 bits per heavy atom. The van der Waals surface area contributed by atoms with E-state index >= 15 is 0 Å². The van der Waals surface area contributed by atoms with Gasteiger partial charge in [0, 0.05) is 12.3 Å². The summed E-state index contributed by atoms with van der Waals surface area (Å²) in [5, 5.41) is 11.7. The molecule has 0 radical (unpaired) electrons. The number of rotatable bonds is 3. The number of fused-ring (bicyclic) bond motifs is 1. The largest absolute Gasteiger partial charge is 0.477 e. The van der Waals surface area contributed by atoms with Crippen LogP contribution in [0.5, 0.6) is 0 Å². The molecule has 0 bridgehead atoms. The Labute approximate surface area is 108 Å². The zero-order valence-electron chi connectivity index (χ0n) is 10.5. The lowest BCUT2D eigenvalue weighted by Gasteiger charge is -1.96. The maximum atomic E-state index is 11.9. The summed E-state index contributed by atoms with van der Waals surface area (Å²) >= 11 is 0. The predicted octanol–water partition coefficient (Wildman–Crippen LogP) is 1.70. The summed E-state index contributed by atoms with van der Waals surface area (Å²) in [6.07, 6.45) is 6.71. The molecular weight excluding hydrogens is 246 g/mol. The number of H-pyrrole nitrogens is 1. The van der Waals surface area contributed by atoms with Gasteiger partial charge in [-0.1, -0.05) is 18.2 Å². The van der Waals surface area contributed by atoms with E-state index < -0.39 is 11.5 Å². The molecule has 2 aromatic heterocycles. The smallest absolute Gasteiger partial charge is 0.343 e. The lowest BCUT2D eigenvalue weighted by atomic mass is 10.1. The average Bonchev–Trinajstić information content (AvgIpc) is 2.80. The van der Waals surface area contributed by atoms with E-state index in [2.05, 4.69) is 10.1 Å². The standard InChI is InChI=1S/C13H13N3O3/c1-3-5-8(4-2)10-6-11-14-7-9(13(18)19)12(17)16(11)15-10/h3-7,15H,1-2H3,(H,18,19)/b5-3?,8-4+. The van der Waals surface area contributed by atoms with Crippen molar-refractivity contribution in [3.8, 4) is 0 Å². The summed E-state index contributed by atoms with van der Waals surface area (Å²) in [5.74, 6) is -1.29. The van der Waals surface area contributed by atoms with Gasteiger partial charge in [-0.15, -0.1) is 0 Å². The number of nitrogens with zero attached hydrogens (tertiary/aromatic N) is 2. The third-order valence-corrected chi connectivity index (χ3v) is 2.69. The summed E-state index contributed by atoms with van der Waals surface area (Å²) < 4.78 is 1.13. The first-order valence-corrected chi connectivity index (χ1v) is 5.72. The van der Waals surface area contributed by atoms with Gasteiger partial charge in [0.2, 0.25) is 0 Å². The SMILES string of the molecule is CC=C/C(=C\C)c1cc2ncc(C(=O)O)c(=O)n2[nH]1.